The lowest BCUT2D eigenvalue weighted by Gasteiger charge is -2.14. The second-order valence-corrected chi connectivity index (χ2v) is 3.15. The van der Waals surface area contributed by atoms with Gasteiger partial charge in [-0.3, -0.25) is 0 Å². The molecule has 0 bridgehead atoms. The van der Waals surface area contributed by atoms with Crippen LogP contribution in [0.3, 0.4) is 0 Å². The van der Waals surface area contributed by atoms with Crippen molar-refractivity contribution in [2.45, 2.75) is 19.4 Å². The predicted octanol–water partition coefficient (Wildman–Crippen LogP) is 1.88. The minimum absolute atomic E-state index is 0.0324. The molecule has 0 aromatic heterocycles. The van der Waals surface area contributed by atoms with Gasteiger partial charge >= 0.3 is 0 Å². The first-order chi connectivity index (χ1) is 5.29. The molecule has 1 fully saturated rings. The Labute approximate surface area is 66.1 Å². The van der Waals surface area contributed by atoms with Gasteiger partial charge in [0.25, 0.3) is 0 Å². The van der Waals surface area contributed by atoms with Crippen LogP contribution in [0.1, 0.15) is 13.3 Å². The molecule has 11 heavy (non-hydrogen) atoms. The zero-order valence-electron chi connectivity index (χ0n) is 6.50. The molecule has 1 aliphatic carbocycles. The molecule has 1 aliphatic heterocycles. The van der Waals surface area contributed by atoms with Crippen LogP contribution in [0.4, 0.5) is 0 Å². The average Bonchev–Trinajstić information content (AvgIpc) is 2.30. The molecule has 1 heterocycles. The van der Waals surface area contributed by atoms with Gasteiger partial charge in [0, 0.05) is 5.92 Å². The Balaban J connectivity index is 2.30. The first-order valence-electron chi connectivity index (χ1n) is 3.88. The third kappa shape index (κ3) is 0.897. The highest BCUT2D eigenvalue weighted by molar-refractivity contribution is 5.94. The summed E-state index contributed by atoms with van der Waals surface area (Å²) in [6.45, 7) is 2.07. The number of fused-ring (bicyclic) bond motifs is 1. The second kappa shape index (κ2) is 2.22. The van der Waals surface area contributed by atoms with E-state index in [2.05, 4.69) is 13.0 Å². The van der Waals surface area contributed by atoms with Gasteiger partial charge in [-0.05, 0) is 18.1 Å². The molecule has 2 atom stereocenters. The van der Waals surface area contributed by atoms with Crippen LogP contribution >= 0.6 is 0 Å². The number of hydrogen-bond donors (Lipinski definition) is 1. The normalized spacial score (nSPS) is 34.6. The summed E-state index contributed by atoms with van der Waals surface area (Å²) in [5.41, 5.74) is 1.98. The molecule has 0 spiro atoms. The van der Waals surface area contributed by atoms with Crippen LogP contribution in [0.5, 0.6) is 0 Å². The number of nitrogens with one attached hydrogen (secondary N) is 1. The summed E-state index contributed by atoms with van der Waals surface area (Å²) in [7, 11) is 0. The molecule has 2 rings (SSSR count). The van der Waals surface area contributed by atoms with Crippen LogP contribution in [-0.4, -0.2) is 11.8 Å². The van der Waals surface area contributed by atoms with Crippen molar-refractivity contribution in [2.24, 2.45) is 5.92 Å². The van der Waals surface area contributed by atoms with Gasteiger partial charge in [0.15, 0.2) is 6.10 Å². The molecule has 2 aliphatic rings. The van der Waals surface area contributed by atoms with Crippen LogP contribution in [0.2, 0.25) is 0 Å². The molecular weight excluding hydrogens is 138 g/mol. The molecule has 2 nitrogen and oxygen atoms in total. The van der Waals surface area contributed by atoms with Gasteiger partial charge in [-0.1, -0.05) is 13.0 Å². The summed E-state index contributed by atoms with van der Waals surface area (Å²) in [6.07, 6.45) is 6.59. The van der Waals surface area contributed by atoms with Crippen molar-refractivity contribution >= 4 is 5.71 Å². The highest BCUT2D eigenvalue weighted by Gasteiger charge is 2.33. The predicted molar refractivity (Wildman–Crippen MR) is 43.6 cm³/mol. The lowest BCUT2D eigenvalue weighted by Crippen LogP contribution is -2.20. The fourth-order valence-electron chi connectivity index (χ4n) is 1.63. The molecule has 1 N–H and O–H groups in total. The fraction of sp³-hybridized carbons (Fsp3) is 0.444. The number of hydrogen-bond acceptors (Lipinski definition) is 2. The van der Waals surface area contributed by atoms with E-state index in [-0.39, 0.29) is 6.10 Å². The van der Waals surface area contributed by atoms with Crippen molar-refractivity contribution in [2.75, 3.05) is 0 Å². The summed E-state index contributed by atoms with van der Waals surface area (Å²) < 4.78 is 5.31. The van der Waals surface area contributed by atoms with Crippen LogP contribution in [-0.2, 0) is 4.74 Å². The third-order valence-corrected chi connectivity index (χ3v) is 2.30. The SMILES string of the molecule is CC1CC2=CC=COC2C1=N. The topological polar surface area (TPSA) is 33.1 Å². The van der Waals surface area contributed by atoms with E-state index in [4.69, 9.17) is 10.1 Å². The summed E-state index contributed by atoms with van der Waals surface area (Å²) in [5.74, 6) is 0.367. The molecule has 2 heteroatoms. The van der Waals surface area contributed by atoms with E-state index in [0.29, 0.717) is 5.92 Å². The van der Waals surface area contributed by atoms with Gasteiger partial charge in [-0.25, -0.2) is 0 Å². The van der Waals surface area contributed by atoms with Crippen LogP contribution in [0.15, 0.2) is 24.0 Å². The number of allylic oxidation sites excluding steroid dienone is 2. The van der Waals surface area contributed by atoms with Crippen molar-refractivity contribution in [1.82, 2.24) is 0 Å². The molecule has 0 aromatic carbocycles. The molecule has 0 radical (unpaired) electrons. The molecule has 0 saturated heterocycles. The minimum atomic E-state index is -0.0324. The zero-order valence-corrected chi connectivity index (χ0v) is 6.50. The summed E-state index contributed by atoms with van der Waals surface area (Å²) in [4.78, 5) is 0. The smallest absolute Gasteiger partial charge is 0.157 e. The van der Waals surface area contributed by atoms with Crippen molar-refractivity contribution in [3.63, 3.8) is 0 Å². The number of ether oxygens (including phenoxy) is 1. The van der Waals surface area contributed by atoms with Gasteiger partial charge in [0.2, 0.25) is 0 Å². The van der Waals surface area contributed by atoms with E-state index >= 15 is 0 Å². The third-order valence-electron chi connectivity index (χ3n) is 2.30. The van der Waals surface area contributed by atoms with E-state index in [1.165, 1.54) is 5.57 Å². The minimum Gasteiger partial charge on any atom is -0.488 e. The first kappa shape index (κ1) is 6.65. The maximum absolute atomic E-state index is 7.68. The summed E-state index contributed by atoms with van der Waals surface area (Å²) in [6, 6.07) is 0. The maximum Gasteiger partial charge on any atom is 0.157 e. The van der Waals surface area contributed by atoms with E-state index in [9.17, 15) is 0 Å². The van der Waals surface area contributed by atoms with Gasteiger partial charge < -0.3 is 10.1 Å². The van der Waals surface area contributed by atoms with Crippen LogP contribution in [0.25, 0.3) is 0 Å². The maximum atomic E-state index is 7.68. The molecular formula is C9H11NO. The van der Waals surface area contributed by atoms with Gasteiger partial charge in [-0.2, -0.15) is 0 Å². The Morgan fingerprint density at radius 2 is 2.45 bits per heavy atom. The van der Waals surface area contributed by atoms with E-state index in [1.54, 1.807) is 6.26 Å². The molecule has 2 unspecified atom stereocenters. The van der Waals surface area contributed by atoms with E-state index in [1.807, 2.05) is 6.08 Å². The lowest BCUT2D eigenvalue weighted by atomic mass is 10.1. The quantitative estimate of drug-likeness (QED) is 0.560. The van der Waals surface area contributed by atoms with Crippen LogP contribution < -0.4 is 0 Å². The van der Waals surface area contributed by atoms with E-state index < -0.39 is 0 Å². The lowest BCUT2D eigenvalue weighted by molar-refractivity contribution is 0.231. The van der Waals surface area contributed by atoms with Gasteiger partial charge in [-0.15, -0.1) is 0 Å². The van der Waals surface area contributed by atoms with Crippen LogP contribution in [0, 0.1) is 11.3 Å². The zero-order chi connectivity index (χ0) is 7.84. The van der Waals surface area contributed by atoms with Crippen molar-refractivity contribution < 1.29 is 4.74 Å². The average molecular weight is 149 g/mol. The second-order valence-electron chi connectivity index (χ2n) is 3.15. The molecule has 0 aromatic rings. The fourth-order valence-corrected chi connectivity index (χ4v) is 1.63. The largest absolute Gasteiger partial charge is 0.488 e. The molecule has 58 valence electrons. The summed E-state index contributed by atoms with van der Waals surface area (Å²) >= 11 is 0. The Morgan fingerprint density at radius 1 is 1.64 bits per heavy atom. The first-order valence-corrected chi connectivity index (χ1v) is 3.88. The Hall–Kier alpha value is -1.05. The monoisotopic (exact) mass is 149 g/mol. The number of rotatable bonds is 0. The Bertz CT molecular complexity index is 252. The van der Waals surface area contributed by atoms with Gasteiger partial charge in [0.05, 0.1) is 12.0 Å². The highest BCUT2D eigenvalue weighted by atomic mass is 16.5. The van der Waals surface area contributed by atoms with Crippen molar-refractivity contribution in [1.29, 1.82) is 5.41 Å². The van der Waals surface area contributed by atoms with Gasteiger partial charge in [0.1, 0.15) is 0 Å². The molecule has 1 saturated carbocycles. The van der Waals surface area contributed by atoms with Crippen molar-refractivity contribution in [3.8, 4) is 0 Å². The molecule has 0 amide bonds. The van der Waals surface area contributed by atoms with E-state index in [0.717, 1.165) is 12.1 Å². The highest BCUT2D eigenvalue weighted by Crippen LogP contribution is 2.31. The Kier molecular flexibility index (Phi) is 1.34. The standard InChI is InChI=1S/C9H11NO/c1-6-5-7-3-2-4-11-9(7)8(6)10/h2-4,6,9-10H,5H2,1H3. The Morgan fingerprint density at radius 3 is 3.18 bits per heavy atom. The van der Waals surface area contributed by atoms with Crippen molar-refractivity contribution in [3.05, 3.63) is 24.0 Å². The summed E-state index contributed by atoms with van der Waals surface area (Å²) in [5, 5.41) is 7.68.